The predicted octanol–water partition coefficient (Wildman–Crippen LogP) is 3.36. The maximum Gasteiger partial charge on any atom is 0.269 e. The molecule has 2 rings (SSSR count). The van der Waals surface area contributed by atoms with Gasteiger partial charge in [0, 0.05) is 0 Å². The fourth-order valence-corrected chi connectivity index (χ4v) is 3.98. The summed E-state index contributed by atoms with van der Waals surface area (Å²) < 4.78 is 38.9. The van der Waals surface area contributed by atoms with E-state index >= 15 is 0 Å². The monoisotopic (exact) mass is 378 g/mol. The van der Waals surface area contributed by atoms with E-state index in [0.717, 1.165) is 11.6 Å². The number of aryl methyl sites for hydroxylation is 2. The third kappa shape index (κ3) is 4.28. The van der Waals surface area contributed by atoms with Crippen LogP contribution >= 0.6 is 0 Å². The molecule has 0 aromatic heterocycles. The van der Waals surface area contributed by atoms with E-state index in [2.05, 4.69) is 5.43 Å². The van der Waals surface area contributed by atoms with Gasteiger partial charge in [-0.15, -0.1) is 4.83 Å². The Balaban J connectivity index is 2.28. The van der Waals surface area contributed by atoms with Gasteiger partial charge in [0.2, 0.25) is 0 Å². The number of carbonyl (C=O) groups is 1. The van der Waals surface area contributed by atoms with Crippen LogP contribution in [0.4, 0.5) is 4.39 Å². The fraction of sp³-hybridized carbons (Fsp3) is 0.316. The van der Waals surface area contributed by atoms with E-state index < -0.39 is 21.7 Å². The summed E-state index contributed by atoms with van der Waals surface area (Å²) in [6.07, 6.45) is 0. The second-order valence-corrected chi connectivity index (χ2v) is 8.85. The van der Waals surface area contributed by atoms with Gasteiger partial charge in [0.1, 0.15) is 5.82 Å². The Kier molecular flexibility index (Phi) is 5.53. The van der Waals surface area contributed by atoms with Crippen LogP contribution in [0.15, 0.2) is 41.3 Å². The maximum absolute atomic E-state index is 13.6. The summed E-state index contributed by atoms with van der Waals surface area (Å²) in [5, 5.41) is 0. The van der Waals surface area contributed by atoms with Gasteiger partial charge >= 0.3 is 0 Å². The zero-order valence-corrected chi connectivity index (χ0v) is 16.3. The fourth-order valence-electron chi connectivity index (χ4n) is 2.68. The first-order valence-corrected chi connectivity index (χ1v) is 9.60. The van der Waals surface area contributed by atoms with E-state index in [1.165, 1.54) is 18.2 Å². The van der Waals surface area contributed by atoms with Gasteiger partial charge in [-0.2, -0.15) is 0 Å². The number of hydrazine groups is 1. The number of halogens is 1. The highest BCUT2D eigenvalue weighted by Gasteiger charge is 2.24. The summed E-state index contributed by atoms with van der Waals surface area (Å²) in [5.74, 6) is -1.60. The van der Waals surface area contributed by atoms with Crippen LogP contribution in [-0.2, 0) is 15.4 Å². The van der Waals surface area contributed by atoms with Crippen molar-refractivity contribution in [2.24, 2.45) is 0 Å². The Morgan fingerprint density at radius 1 is 1.04 bits per heavy atom. The number of rotatable bonds is 4. The molecular weight excluding hydrogens is 355 g/mol. The second-order valence-electron chi connectivity index (χ2n) is 7.23. The van der Waals surface area contributed by atoms with Crippen molar-refractivity contribution >= 4 is 15.9 Å². The summed E-state index contributed by atoms with van der Waals surface area (Å²) in [6.45, 7) is 9.54. The van der Waals surface area contributed by atoms with Gasteiger partial charge < -0.3 is 0 Å². The first-order valence-electron chi connectivity index (χ1n) is 8.12. The molecule has 2 N–H and O–H groups in total. The Bertz CT molecular complexity index is 924. The molecule has 0 aliphatic carbocycles. The highest BCUT2D eigenvalue weighted by Crippen LogP contribution is 2.28. The van der Waals surface area contributed by atoms with Crippen LogP contribution < -0.4 is 10.3 Å². The van der Waals surface area contributed by atoms with Gasteiger partial charge in [0.15, 0.2) is 0 Å². The van der Waals surface area contributed by atoms with E-state index in [4.69, 9.17) is 0 Å². The average molecular weight is 378 g/mol. The molecule has 0 bridgehead atoms. The molecule has 0 fully saturated rings. The third-order valence-corrected chi connectivity index (χ3v) is 5.56. The van der Waals surface area contributed by atoms with Gasteiger partial charge in [-0.05, 0) is 48.1 Å². The van der Waals surface area contributed by atoms with E-state index in [9.17, 15) is 17.6 Å². The molecule has 0 radical (unpaired) electrons. The number of amides is 1. The standard InChI is InChI=1S/C19H23FN2O3S/c1-12-10-14(19(3,4)5)11-13(2)17(12)26(24,25)22-21-18(23)15-8-6-7-9-16(15)20/h6-11,22H,1-5H3,(H,21,23). The second kappa shape index (κ2) is 7.17. The van der Waals surface area contributed by atoms with E-state index in [1.807, 2.05) is 37.7 Å². The Morgan fingerprint density at radius 3 is 2.08 bits per heavy atom. The van der Waals surface area contributed by atoms with E-state index in [-0.39, 0.29) is 15.9 Å². The van der Waals surface area contributed by atoms with Gasteiger partial charge in [-0.25, -0.2) is 12.8 Å². The molecule has 0 unspecified atom stereocenters. The van der Waals surface area contributed by atoms with Crippen molar-refractivity contribution in [2.75, 3.05) is 0 Å². The van der Waals surface area contributed by atoms with Crippen LogP contribution in [0.25, 0.3) is 0 Å². The van der Waals surface area contributed by atoms with Crippen LogP contribution in [0.5, 0.6) is 0 Å². The van der Waals surface area contributed by atoms with Crippen LogP contribution in [0.2, 0.25) is 0 Å². The molecule has 0 heterocycles. The van der Waals surface area contributed by atoms with Crippen LogP contribution in [0.3, 0.4) is 0 Å². The summed E-state index contributed by atoms with van der Waals surface area (Å²) in [5.41, 5.74) is 3.86. The van der Waals surface area contributed by atoms with Gasteiger partial charge in [-0.3, -0.25) is 10.2 Å². The van der Waals surface area contributed by atoms with E-state index in [0.29, 0.717) is 11.1 Å². The molecule has 140 valence electrons. The van der Waals surface area contributed by atoms with Gasteiger partial charge in [0.25, 0.3) is 15.9 Å². The molecule has 2 aromatic carbocycles. The van der Waals surface area contributed by atoms with Crippen molar-refractivity contribution in [3.8, 4) is 0 Å². The highest BCUT2D eigenvalue weighted by atomic mass is 32.2. The van der Waals surface area contributed by atoms with Crippen molar-refractivity contribution in [3.63, 3.8) is 0 Å². The lowest BCUT2D eigenvalue weighted by Crippen LogP contribution is -2.42. The SMILES string of the molecule is Cc1cc(C(C)(C)C)cc(C)c1S(=O)(=O)NNC(=O)c1ccccc1F. The minimum Gasteiger partial charge on any atom is -0.273 e. The third-order valence-electron chi connectivity index (χ3n) is 4.01. The molecule has 2 aromatic rings. The number of hydrogen-bond donors (Lipinski definition) is 2. The quantitative estimate of drug-likeness (QED) is 0.801. The lowest BCUT2D eigenvalue weighted by atomic mass is 9.85. The minimum atomic E-state index is -4.00. The maximum atomic E-state index is 13.6. The normalized spacial score (nSPS) is 12.1. The largest absolute Gasteiger partial charge is 0.273 e. The Hall–Kier alpha value is -2.25. The lowest BCUT2D eigenvalue weighted by Gasteiger charge is -2.22. The average Bonchev–Trinajstić information content (AvgIpc) is 2.51. The zero-order chi connectivity index (χ0) is 19.7. The molecular formula is C19H23FN2O3S. The van der Waals surface area contributed by atoms with Crippen molar-refractivity contribution in [2.45, 2.75) is 44.9 Å². The van der Waals surface area contributed by atoms with Crippen molar-refractivity contribution in [3.05, 3.63) is 64.5 Å². The van der Waals surface area contributed by atoms with Crippen molar-refractivity contribution in [1.82, 2.24) is 10.3 Å². The topological polar surface area (TPSA) is 75.3 Å². The summed E-state index contributed by atoms with van der Waals surface area (Å²) in [6, 6.07) is 8.98. The molecule has 0 aliphatic heterocycles. The van der Waals surface area contributed by atoms with Crippen LogP contribution in [-0.4, -0.2) is 14.3 Å². The minimum absolute atomic E-state index is 0.0966. The number of carbonyl (C=O) groups excluding carboxylic acids is 1. The smallest absolute Gasteiger partial charge is 0.269 e. The number of hydrogen-bond acceptors (Lipinski definition) is 3. The Labute approximate surface area is 153 Å². The molecule has 0 saturated carbocycles. The van der Waals surface area contributed by atoms with Crippen molar-refractivity contribution < 1.29 is 17.6 Å². The number of benzene rings is 2. The summed E-state index contributed by atoms with van der Waals surface area (Å²) in [7, 11) is -4.00. The molecule has 1 amide bonds. The summed E-state index contributed by atoms with van der Waals surface area (Å²) in [4.78, 5) is 14.2. The number of sulfonamides is 1. The zero-order valence-electron chi connectivity index (χ0n) is 15.5. The molecule has 0 atom stereocenters. The first-order chi connectivity index (χ1) is 11.9. The van der Waals surface area contributed by atoms with Gasteiger partial charge in [0.05, 0.1) is 10.5 Å². The highest BCUT2D eigenvalue weighted by molar-refractivity contribution is 7.89. The molecule has 26 heavy (non-hydrogen) atoms. The van der Waals surface area contributed by atoms with Crippen molar-refractivity contribution in [1.29, 1.82) is 0 Å². The number of nitrogens with one attached hydrogen (secondary N) is 2. The Morgan fingerprint density at radius 2 is 1.58 bits per heavy atom. The van der Waals surface area contributed by atoms with Crippen LogP contribution in [0.1, 0.15) is 47.8 Å². The molecule has 0 aliphatic rings. The van der Waals surface area contributed by atoms with E-state index in [1.54, 1.807) is 13.8 Å². The molecule has 7 heteroatoms. The molecule has 0 spiro atoms. The lowest BCUT2D eigenvalue weighted by molar-refractivity contribution is 0.0941. The van der Waals surface area contributed by atoms with Gasteiger partial charge in [-0.1, -0.05) is 45.0 Å². The first kappa shape index (κ1) is 20.1. The van der Waals surface area contributed by atoms with Crippen LogP contribution in [0, 0.1) is 19.7 Å². The summed E-state index contributed by atoms with van der Waals surface area (Å²) >= 11 is 0. The molecule has 0 saturated heterocycles. The molecule has 5 nitrogen and oxygen atoms in total. The predicted molar refractivity (Wildman–Crippen MR) is 98.8 cm³/mol.